The number of hydrogen-bond donors (Lipinski definition) is 1. The van der Waals surface area contributed by atoms with Crippen molar-refractivity contribution in [3.8, 4) is 0 Å². The summed E-state index contributed by atoms with van der Waals surface area (Å²) in [6, 6.07) is 8.76. The number of amides is 1. The number of hydrogen-bond acceptors (Lipinski definition) is 2. The summed E-state index contributed by atoms with van der Waals surface area (Å²) in [5.74, 6) is 0.460. The monoisotopic (exact) mass is 287 g/mol. The third-order valence-electron chi connectivity index (χ3n) is 5.07. The van der Waals surface area contributed by atoms with Gasteiger partial charge in [0.1, 0.15) is 0 Å². The van der Waals surface area contributed by atoms with Gasteiger partial charge in [0.2, 0.25) is 5.91 Å². The zero-order valence-electron chi connectivity index (χ0n) is 12.6. The lowest BCUT2D eigenvalue weighted by Gasteiger charge is -2.38. The molecule has 1 aromatic carbocycles. The summed E-state index contributed by atoms with van der Waals surface area (Å²) in [7, 11) is 0. The Hall–Kier alpha value is -1.35. The molecule has 1 aromatic rings. The summed E-state index contributed by atoms with van der Waals surface area (Å²) in [6.07, 6.45) is 6.95. The molecule has 0 radical (unpaired) electrons. The van der Waals surface area contributed by atoms with E-state index in [0.29, 0.717) is 5.91 Å². The molecule has 2 aliphatic rings. The van der Waals surface area contributed by atoms with Crippen LogP contribution in [0.2, 0.25) is 0 Å². The van der Waals surface area contributed by atoms with Crippen LogP contribution in [0.4, 0.5) is 0 Å². The van der Waals surface area contributed by atoms with E-state index >= 15 is 0 Å². The van der Waals surface area contributed by atoms with E-state index in [1.165, 1.54) is 17.5 Å². The second-order valence-corrected chi connectivity index (χ2v) is 6.40. The number of carbonyl (C=O) groups is 1. The van der Waals surface area contributed by atoms with E-state index in [-0.39, 0.29) is 18.6 Å². The van der Waals surface area contributed by atoms with E-state index in [9.17, 15) is 9.90 Å². The summed E-state index contributed by atoms with van der Waals surface area (Å²) in [6.45, 7) is 1.06. The fourth-order valence-corrected chi connectivity index (χ4v) is 3.88. The molecule has 3 rings (SSSR count). The zero-order valence-corrected chi connectivity index (χ0v) is 12.6. The Morgan fingerprint density at radius 2 is 2.00 bits per heavy atom. The standard InChI is InChI=1S/C18H25NO2/c20-12-10-17-7-3-4-11-19(17)18(21)16-9-8-14-5-1-2-6-15(14)13-16/h1-2,5-6,16-17,20H,3-4,7-13H2. The van der Waals surface area contributed by atoms with Gasteiger partial charge in [-0.1, -0.05) is 24.3 Å². The highest BCUT2D eigenvalue weighted by atomic mass is 16.3. The van der Waals surface area contributed by atoms with Crippen LogP contribution in [0.1, 0.15) is 43.2 Å². The molecule has 1 N–H and O–H groups in total. The molecule has 0 spiro atoms. The number of benzene rings is 1. The highest BCUT2D eigenvalue weighted by Gasteiger charge is 2.32. The maximum Gasteiger partial charge on any atom is 0.226 e. The SMILES string of the molecule is O=C(C1CCc2ccccc2C1)N1CCCCC1CCO. The maximum atomic E-state index is 12.9. The average molecular weight is 287 g/mol. The van der Waals surface area contributed by atoms with E-state index in [4.69, 9.17) is 0 Å². The van der Waals surface area contributed by atoms with Crippen molar-refractivity contribution in [2.24, 2.45) is 5.92 Å². The molecule has 1 aliphatic heterocycles. The van der Waals surface area contributed by atoms with E-state index < -0.39 is 0 Å². The Morgan fingerprint density at radius 3 is 2.81 bits per heavy atom. The largest absolute Gasteiger partial charge is 0.396 e. The Balaban J connectivity index is 1.70. The van der Waals surface area contributed by atoms with Gasteiger partial charge in [-0.15, -0.1) is 0 Å². The molecule has 2 atom stereocenters. The summed E-state index contributed by atoms with van der Waals surface area (Å²) < 4.78 is 0. The van der Waals surface area contributed by atoms with Gasteiger partial charge in [0, 0.05) is 25.1 Å². The smallest absolute Gasteiger partial charge is 0.226 e. The van der Waals surface area contributed by atoms with Crippen LogP contribution in [0.5, 0.6) is 0 Å². The molecule has 3 heteroatoms. The van der Waals surface area contributed by atoms with Crippen LogP contribution in [-0.2, 0) is 17.6 Å². The highest BCUT2D eigenvalue weighted by Crippen LogP contribution is 2.29. The molecule has 0 saturated carbocycles. The van der Waals surface area contributed by atoms with Crippen molar-refractivity contribution in [3.63, 3.8) is 0 Å². The third kappa shape index (κ3) is 3.13. The van der Waals surface area contributed by atoms with Gasteiger partial charge in [0.15, 0.2) is 0 Å². The number of carbonyl (C=O) groups excluding carboxylic acids is 1. The van der Waals surface area contributed by atoms with Crippen molar-refractivity contribution in [2.45, 2.75) is 51.0 Å². The molecule has 1 heterocycles. The Labute approximate surface area is 127 Å². The van der Waals surface area contributed by atoms with Crippen LogP contribution in [-0.4, -0.2) is 35.1 Å². The van der Waals surface area contributed by atoms with Crippen molar-refractivity contribution >= 4 is 5.91 Å². The van der Waals surface area contributed by atoms with Gasteiger partial charge in [-0.2, -0.15) is 0 Å². The van der Waals surface area contributed by atoms with Gasteiger partial charge in [-0.3, -0.25) is 4.79 Å². The van der Waals surface area contributed by atoms with Crippen LogP contribution in [0.25, 0.3) is 0 Å². The van der Waals surface area contributed by atoms with Crippen LogP contribution >= 0.6 is 0 Å². The molecule has 21 heavy (non-hydrogen) atoms. The predicted octanol–water partition coefficient (Wildman–Crippen LogP) is 2.56. The lowest BCUT2D eigenvalue weighted by Crippen LogP contribution is -2.47. The zero-order chi connectivity index (χ0) is 14.7. The third-order valence-corrected chi connectivity index (χ3v) is 5.07. The van der Waals surface area contributed by atoms with Crippen LogP contribution < -0.4 is 0 Å². The molecular formula is C18H25NO2. The Kier molecular flexibility index (Phi) is 4.59. The molecule has 1 aliphatic carbocycles. The van der Waals surface area contributed by atoms with Crippen molar-refractivity contribution in [2.75, 3.05) is 13.2 Å². The van der Waals surface area contributed by atoms with Gasteiger partial charge in [-0.25, -0.2) is 0 Å². The maximum absolute atomic E-state index is 12.9. The summed E-state index contributed by atoms with van der Waals surface area (Å²) in [5, 5.41) is 9.22. The number of fused-ring (bicyclic) bond motifs is 1. The molecule has 0 bridgehead atoms. The second-order valence-electron chi connectivity index (χ2n) is 6.40. The van der Waals surface area contributed by atoms with E-state index in [0.717, 1.165) is 45.1 Å². The lowest BCUT2D eigenvalue weighted by atomic mass is 9.82. The second kappa shape index (κ2) is 6.61. The lowest BCUT2D eigenvalue weighted by molar-refractivity contribution is -0.140. The normalized spacial score (nSPS) is 25.5. The molecule has 1 amide bonds. The minimum atomic E-state index is 0.138. The Morgan fingerprint density at radius 1 is 1.19 bits per heavy atom. The summed E-state index contributed by atoms with van der Waals surface area (Å²) >= 11 is 0. The van der Waals surface area contributed by atoms with Crippen molar-refractivity contribution in [3.05, 3.63) is 35.4 Å². The number of piperidine rings is 1. The van der Waals surface area contributed by atoms with Gasteiger partial charge in [0.05, 0.1) is 0 Å². The van der Waals surface area contributed by atoms with Crippen LogP contribution in [0.3, 0.4) is 0 Å². The number of rotatable bonds is 3. The predicted molar refractivity (Wildman–Crippen MR) is 83.0 cm³/mol. The first kappa shape index (κ1) is 14.6. The molecule has 1 saturated heterocycles. The van der Waals surface area contributed by atoms with Gasteiger partial charge < -0.3 is 10.0 Å². The fourth-order valence-electron chi connectivity index (χ4n) is 3.88. The minimum Gasteiger partial charge on any atom is -0.396 e. The van der Waals surface area contributed by atoms with E-state index in [2.05, 4.69) is 29.2 Å². The summed E-state index contributed by atoms with van der Waals surface area (Å²) in [4.78, 5) is 15.0. The van der Waals surface area contributed by atoms with Gasteiger partial charge >= 0.3 is 0 Å². The number of aryl methyl sites for hydroxylation is 1. The van der Waals surface area contributed by atoms with Crippen molar-refractivity contribution < 1.29 is 9.90 Å². The first-order chi connectivity index (χ1) is 10.3. The quantitative estimate of drug-likeness (QED) is 0.928. The fraction of sp³-hybridized carbons (Fsp3) is 0.611. The molecule has 2 unspecified atom stereocenters. The molecule has 3 nitrogen and oxygen atoms in total. The molecule has 114 valence electrons. The molecule has 0 aromatic heterocycles. The number of aliphatic hydroxyl groups is 1. The first-order valence-electron chi connectivity index (χ1n) is 8.27. The molecular weight excluding hydrogens is 262 g/mol. The first-order valence-corrected chi connectivity index (χ1v) is 8.27. The average Bonchev–Trinajstić information content (AvgIpc) is 2.54. The van der Waals surface area contributed by atoms with Crippen LogP contribution in [0.15, 0.2) is 24.3 Å². The van der Waals surface area contributed by atoms with Crippen molar-refractivity contribution in [1.82, 2.24) is 4.90 Å². The highest BCUT2D eigenvalue weighted by molar-refractivity contribution is 5.80. The van der Waals surface area contributed by atoms with E-state index in [1.807, 2.05) is 0 Å². The van der Waals surface area contributed by atoms with E-state index in [1.54, 1.807) is 0 Å². The van der Waals surface area contributed by atoms with Crippen LogP contribution in [0, 0.1) is 5.92 Å². The topological polar surface area (TPSA) is 40.5 Å². The number of aliphatic hydroxyl groups excluding tert-OH is 1. The molecule has 1 fully saturated rings. The Bertz CT molecular complexity index is 498. The number of likely N-dealkylation sites (tertiary alicyclic amines) is 1. The van der Waals surface area contributed by atoms with Gasteiger partial charge in [-0.05, 0) is 56.1 Å². The minimum absolute atomic E-state index is 0.138. The van der Waals surface area contributed by atoms with Crippen molar-refractivity contribution in [1.29, 1.82) is 0 Å². The summed E-state index contributed by atoms with van der Waals surface area (Å²) in [5.41, 5.74) is 2.75. The van der Waals surface area contributed by atoms with Gasteiger partial charge in [0.25, 0.3) is 0 Å². The number of nitrogens with zero attached hydrogens (tertiary/aromatic N) is 1.